The average Bonchev–Trinajstić information content (AvgIpc) is 3.26. The van der Waals surface area contributed by atoms with E-state index < -0.39 is 5.41 Å². The van der Waals surface area contributed by atoms with Gasteiger partial charge >= 0.3 is 0 Å². The first kappa shape index (κ1) is 31.5. The van der Waals surface area contributed by atoms with E-state index in [1.807, 2.05) is 24.3 Å². The first-order valence-corrected chi connectivity index (χ1v) is 17.4. The van der Waals surface area contributed by atoms with Crippen LogP contribution in [0.1, 0.15) is 112 Å². The lowest BCUT2D eigenvalue weighted by atomic mass is 9.33. The lowest BCUT2D eigenvalue weighted by Crippen LogP contribution is -2.66. The Morgan fingerprint density at radius 3 is 2.30 bits per heavy atom. The highest BCUT2D eigenvalue weighted by Gasteiger charge is 2.70. The van der Waals surface area contributed by atoms with E-state index in [4.69, 9.17) is 11.6 Å². The molecule has 0 heterocycles. The van der Waals surface area contributed by atoms with Crippen molar-refractivity contribution in [2.45, 2.75) is 119 Å². The van der Waals surface area contributed by atoms with E-state index in [2.05, 4.69) is 53.8 Å². The van der Waals surface area contributed by atoms with Crippen LogP contribution in [0.25, 0.3) is 0 Å². The van der Waals surface area contributed by atoms with Gasteiger partial charge in [-0.2, -0.15) is 0 Å². The van der Waals surface area contributed by atoms with Crippen molar-refractivity contribution in [3.05, 3.63) is 46.0 Å². The van der Waals surface area contributed by atoms with Crippen molar-refractivity contribution in [3.8, 4) is 0 Å². The molecule has 5 aliphatic rings. The van der Waals surface area contributed by atoms with Crippen molar-refractivity contribution in [1.29, 1.82) is 0 Å². The third-order valence-corrected chi connectivity index (χ3v) is 14.7. The third-order valence-electron chi connectivity index (χ3n) is 14.5. The van der Waals surface area contributed by atoms with Crippen LogP contribution >= 0.6 is 11.6 Å². The number of nitrogens with one attached hydrogen (secondary N) is 1. The number of ketones is 2. The van der Waals surface area contributed by atoms with Crippen molar-refractivity contribution in [2.24, 2.45) is 50.7 Å². The maximum absolute atomic E-state index is 14.3. The highest BCUT2D eigenvalue weighted by atomic mass is 35.5. The van der Waals surface area contributed by atoms with Crippen molar-refractivity contribution in [2.75, 3.05) is 6.54 Å². The summed E-state index contributed by atoms with van der Waals surface area (Å²) in [6.45, 7) is 17.5. The van der Waals surface area contributed by atoms with Gasteiger partial charge in [-0.05, 0) is 126 Å². The zero-order valence-corrected chi connectivity index (χ0v) is 28.4. The summed E-state index contributed by atoms with van der Waals surface area (Å²) in [7, 11) is 0. The van der Waals surface area contributed by atoms with Crippen molar-refractivity contribution < 1.29 is 14.7 Å². The fourth-order valence-electron chi connectivity index (χ4n) is 12.0. The summed E-state index contributed by atoms with van der Waals surface area (Å²) in [6, 6.07) is 7.75. The number of hydrogen-bond donors (Lipinski definition) is 2. The molecule has 4 saturated carbocycles. The summed E-state index contributed by atoms with van der Waals surface area (Å²) in [5, 5.41) is 15.2. The Bertz CT molecular complexity index is 1330. The zero-order valence-electron chi connectivity index (χ0n) is 27.6. The molecule has 8 atom stereocenters. The van der Waals surface area contributed by atoms with E-state index >= 15 is 0 Å². The monoisotopic (exact) mass is 607 g/mol. The molecule has 236 valence electrons. The van der Waals surface area contributed by atoms with Gasteiger partial charge in [0.05, 0.1) is 18.1 Å². The van der Waals surface area contributed by atoms with Crippen LogP contribution in [0.15, 0.2) is 35.4 Å². The highest BCUT2D eigenvalue weighted by molar-refractivity contribution is 6.30. The molecule has 1 aromatic carbocycles. The third kappa shape index (κ3) is 4.43. The van der Waals surface area contributed by atoms with Gasteiger partial charge in [-0.15, -0.1) is 0 Å². The number of aliphatic hydroxyl groups is 1. The van der Waals surface area contributed by atoms with Crippen molar-refractivity contribution in [3.63, 3.8) is 0 Å². The van der Waals surface area contributed by atoms with Gasteiger partial charge in [-0.3, -0.25) is 9.59 Å². The number of Topliss-reactive ketones (excluding diaryl/α,β-unsaturated/α-hetero) is 2. The molecule has 0 amide bonds. The fourth-order valence-corrected chi connectivity index (χ4v) is 12.2. The van der Waals surface area contributed by atoms with E-state index in [9.17, 15) is 14.7 Å². The lowest BCUT2D eigenvalue weighted by molar-refractivity contribution is -0.228. The molecular formula is C38H54ClNO3. The van der Waals surface area contributed by atoms with Crippen LogP contribution in [0.2, 0.25) is 5.02 Å². The Balaban J connectivity index is 1.33. The molecule has 5 aliphatic carbocycles. The molecule has 43 heavy (non-hydrogen) atoms. The predicted molar refractivity (Wildman–Crippen MR) is 174 cm³/mol. The molecule has 0 bridgehead atoms. The molecule has 1 aromatic rings. The molecule has 0 aliphatic heterocycles. The maximum Gasteiger partial charge on any atom is 0.160 e. The predicted octanol–water partition coefficient (Wildman–Crippen LogP) is 8.34. The number of allylic oxidation sites excluding steroid dienone is 2. The molecular weight excluding hydrogens is 554 g/mol. The highest BCUT2D eigenvalue weighted by Crippen LogP contribution is 2.76. The van der Waals surface area contributed by atoms with Gasteiger partial charge in [0.2, 0.25) is 0 Å². The minimum atomic E-state index is -0.658. The number of aliphatic hydroxyl groups excluding tert-OH is 1. The molecule has 0 radical (unpaired) electrons. The largest absolute Gasteiger partial charge is 0.393 e. The molecule has 0 unspecified atom stereocenters. The van der Waals surface area contributed by atoms with E-state index in [1.165, 1.54) is 12.0 Å². The lowest BCUT2D eigenvalue weighted by Gasteiger charge is -2.72. The molecule has 5 heteroatoms. The Morgan fingerprint density at radius 1 is 0.930 bits per heavy atom. The van der Waals surface area contributed by atoms with E-state index in [0.717, 1.165) is 56.1 Å². The SMILES string of the molecule is CC(C)C1=C2[C@H]3CC[C@@H]4[C@@]5(C)CC[C@H](O)C(C)(C)[C@@H]5CC[C@@]4(C)[C@]3(C)CC[C@@]2(C(=O)CNCc2ccc(Cl)cc2)CC1=O. The molecule has 6 rings (SSSR count). The van der Waals surface area contributed by atoms with Gasteiger partial charge in [-0.1, -0.05) is 72.2 Å². The first-order valence-electron chi connectivity index (χ1n) is 17.1. The average molecular weight is 608 g/mol. The summed E-state index contributed by atoms with van der Waals surface area (Å²) in [4.78, 5) is 28.2. The van der Waals surface area contributed by atoms with Crippen LogP contribution in [-0.4, -0.2) is 29.3 Å². The van der Waals surface area contributed by atoms with Gasteiger partial charge in [0.25, 0.3) is 0 Å². The quantitative estimate of drug-likeness (QED) is 0.341. The summed E-state index contributed by atoms with van der Waals surface area (Å²) in [5.41, 5.74) is 2.99. The fraction of sp³-hybridized carbons (Fsp3) is 0.737. The molecule has 0 spiro atoms. The summed E-state index contributed by atoms with van der Waals surface area (Å²) < 4.78 is 0. The number of benzene rings is 1. The first-order chi connectivity index (χ1) is 20.1. The molecule has 4 fully saturated rings. The minimum Gasteiger partial charge on any atom is -0.393 e. The van der Waals surface area contributed by atoms with Crippen LogP contribution in [-0.2, 0) is 16.1 Å². The number of rotatable bonds is 6. The molecule has 4 nitrogen and oxygen atoms in total. The van der Waals surface area contributed by atoms with Gasteiger partial charge in [-0.25, -0.2) is 0 Å². The number of hydrogen-bond acceptors (Lipinski definition) is 4. The summed E-state index contributed by atoms with van der Waals surface area (Å²) in [5.74, 6) is 1.93. The van der Waals surface area contributed by atoms with Crippen LogP contribution in [0, 0.1) is 50.7 Å². The summed E-state index contributed by atoms with van der Waals surface area (Å²) >= 11 is 6.07. The Labute approximate surface area is 264 Å². The van der Waals surface area contributed by atoms with Crippen LogP contribution in [0.4, 0.5) is 0 Å². The molecule has 2 N–H and O–H groups in total. The zero-order chi connectivity index (χ0) is 31.2. The van der Waals surface area contributed by atoms with Gasteiger partial charge in [0.15, 0.2) is 11.6 Å². The molecule has 0 aromatic heterocycles. The van der Waals surface area contributed by atoms with Crippen LogP contribution in [0.3, 0.4) is 0 Å². The Morgan fingerprint density at radius 2 is 1.63 bits per heavy atom. The standard InChI is InChI=1S/C38H54ClNO3/c1-23(2)32-27(41)20-38(31(43)22-40-21-24-8-10-25(39)11-9-24)19-18-36(6)26(33(32)38)12-13-29-35(5)16-15-30(42)34(3,4)28(35)14-17-37(29,36)7/h8-11,23,26,28-30,40,42H,12-22H2,1-7H3/t26-,28+,29-,30+,35+,36-,37-,38+/m1/s1. The topological polar surface area (TPSA) is 66.4 Å². The second-order valence-electron chi connectivity index (χ2n) is 16.8. The maximum atomic E-state index is 14.3. The smallest absolute Gasteiger partial charge is 0.160 e. The number of fused-ring (bicyclic) bond motifs is 7. The number of carbonyl (C=O) groups is 2. The van der Waals surface area contributed by atoms with E-state index in [-0.39, 0.29) is 57.7 Å². The second kappa shape index (κ2) is 10.5. The molecule has 0 saturated heterocycles. The normalized spacial score (nSPS) is 41.9. The van der Waals surface area contributed by atoms with Crippen molar-refractivity contribution >= 4 is 23.2 Å². The Hall–Kier alpha value is -1.49. The second-order valence-corrected chi connectivity index (χ2v) is 17.2. The minimum absolute atomic E-state index is 0.0463. The van der Waals surface area contributed by atoms with E-state index in [0.29, 0.717) is 29.8 Å². The van der Waals surface area contributed by atoms with Crippen molar-refractivity contribution in [1.82, 2.24) is 5.32 Å². The van der Waals surface area contributed by atoms with Crippen LogP contribution < -0.4 is 5.32 Å². The van der Waals surface area contributed by atoms with Gasteiger partial charge < -0.3 is 10.4 Å². The van der Waals surface area contributed by atoms with E-state index in [1.54, 1.807) is 0 Å². The number of halogens is 1. The Kier molecular flexibility index (Phi) is 7.71. The van der Waals surface area contributed by atoms with Gasteiger partial charge in [0.1, 0.15) is 0 Å². The summed E-state index contributed by atoms with van der Waals surface area (Å²) in [6.07, 6.45) is 8.45. The van der Waals surface area contributed by atoms with Crippen LogP contribution in [0.5, 0.6) is 0 Å². The number of carbonyl (C=O) groups excluding carboxylic acids is 2. The van der Waals surface area contributed by atoms with Gasteiger partial charge in [0, 0.05) is 18.0 Å².